The third-order valence-electron chi connectivity index (χ3n) is 3.16. The molecule has 4 nitrogen and oxygen atoms in total. The van der Waals surface area contributed by atoms with Crippen molar-refractivity contribution in [2.45, 2.75) is 26.4 Å². The molecule has 0 spiro atoms. The standard InChI is InChI=1S/C13H17F4N3O/c1-12(2,11(18)20-21)5-6-19-10-7-8(13(15,16)17)3-4-9(10)14/h3-4,7,19,21H,5-6H2,1-2H3,(H2,18,20). The van der Waals surface area contributed by atoms with E-state index in [1.165, 1.54) is 0 Å². The van der Waals surface area contributed by atoms with Crippen molar-refractivity contribution in [3.8, 4) is 0 Å². The summed E-state index contributed by atoms with van der Waals surface area (Å²) >= 11 is 0. The van der Waals surface area contributed by atoms with Crippen molar-refractivity contribution in [2.24, 2.45) is 16.3 Å². The van der Waals surface area contributed by atoms with Gasteiger partial charge in [0.15, 0.2) is 0 Å². The molecule has 21 heavy (non-hydrogen) atoms. The highest BCUT2D eigenvalue weighted by Crippen LogP contribution is 2.32. The van der Waals surface area contributed by atoms with Crippen molar-refractivity contribution >= 4 is 11.5 Å². The van der Waals surface area contributed by atoms with Crippen molar-refractivity contribution in [2.75, 3.05) is 11.9 Å². The predicted octanol–water partition coefficient (Wildman–Crippen LogP) is 3.42. The predicted molar refractivity (Wildman–Crippen MR) is 71.7 cm³/mol. The van der Waals surface area contributed by atoms with Crippen LogP contribution >= 0.6 is 0 Å². The van der Waals surface area contributed by atoms with Gasteiger partial charge in [-0.3, -0.25) is 0 Å². The molecule has 0 bridgehead atoms. The van der Waals surface area contributed by atoms with Crippen LogP contribution in [0.5, 0.6) is 0 Å². The van der Waals surface area contributed by atoms with Gasteiger partial charge in [0.1, 0.15) is 11.7 Å². The summed E-state index contributed by atoms with van der Waals surface area (Å²) in [5, 5.41) is 14.1. The van der Waals surface area contributed by atoms with Gasteiger partial charge in [0, 0.05) is 12.0 Å². The number of nitrogens with one attached hydrogen (secondary N) is 1. The molecule has 0 aliphatic rings. The highest BCUT2D eigenvalue weighted by atomic mass is 19.4. The Hall–Kier alpha value is -1.99. The molecule has 0 aliphatic heterocycles. The molecule has 0 atom stereocenters. The normalized spacial score (nSPS) is 13.3. The number of amidine groups is 1. The third kappa shape index (κ3) is 4.51. The second-order valence-electron chi connectivity index (χ2n) is 5.24. The number of oxime groups is 1. The second-order valence-corrected chi connectivity index (χ2v) is 5.24. The van der Waals surface area contributed by atoms with Crippen LogP contribution in [-0.4, -0.2) is 17.6 Å². The Labute approximate surface area is 119 Å². The molecule has 0 aromatic heterocycles. The Morgan fingerprint density at radius 3 is 2.48 bits per heavy atom. The summed E-state index contributed by atoms with van der Waals surface area (Å²) < 4.78 is 51.1. The zero-order chi connectivity index (χ0) is 16.3. The highest BCUT2D eigenvalue weighted by Gasteiger charge is 2.31. The first-order valence-electron chi connectivity index (χ1n) is 6.16. The Morgan fingerprint density at radius 1 is 1.33 bits per heavy atom. The average Bonchev–Trinajstić information content (AvgIpc) is 2.38. The SMILES string of the molecule is CC(C)(CCNc1cc(C(F)(F)F)ccc1F)C(N)=NO. The first-order valence-corrected chi connectivity index (χ1v) is 6.16. The number of alkyl halides is 3. The molecule has 0 heterocycles. The molecule has 0 fully saturated rings. The van der Waals surface area contributed by atoms with Crippen molar-refractivity contribution in [1.29, 1.82) is 0 Å². The summed E-state index contributed by atoms with van der Waals surface area (Å²) in [6.07, 6.45) is -4.18. The average molecular weight is 307 g/mol. The van der Waals surface area contributed by atoms with Gasteiger partial charge in [-0.15, -0.1) is 0 Å². The minimum Gasteiger partial charge on any atom is -0.409 e. The van der Waals surface area contributed by atoms with Crippen LogP contribution in [0.3, 0.4) is 0 Å². The summed E-state index contributed by atoms with van der Waals surface area (Å²) in [4.78, 5) is 0. The summed E-state index contributed by atoms with van der Waals surface area (Å²) in [6, 6.07) is 2.16. The minimum absolute atomic E-state index is 0.00573. The van der Waals surface area contributed by atoms with Crippen molar-refractivity contribution in [1.82, 2.24) is 0 Å². The second kappa shape index (κ2) is 6.19. The van der Waals surface area contributed by atoms with Crippen LogP contribution in [0.2, 0.25) is 0 Å². The van der Waals surface area contributed by atoms with Gasteiger partial charge in [-0.1, -0.05) is 19.0 Å². The van der Waals surface area contributed by atoms with E-state index in [0.29, 0.717) is 18.6 Å². The molecule has 1 rings (SSSR count). The molecule has 0 aliphatic carbocycles. The highest BCUT2D eigenvalue weighted by molar-refractivity contribution is 5.85. The molecule has 0 unspecified atom stereocenters. The molecule has 1 aromatic rings. The van der Waals surface area contributed by atoms with Gasteiger partial charge in [0.25, 0.3) is 0 Å². The van der Waals surface area contributed by atoms with Crippen molar-refractivity contribution in [3.63, 3.8) is 0 Å². The Kier molecular flexibility index (Phi) is 5.03. The first kappa shape index (κ1) is 17.1. The molecule has 4 N–H and O–H groups in total. The maximum Gasteiger partial charge on any atom is 0.416 e. The molecule has 0 saturated carbocycles. The van der Waals surface area contributed by atoms with Gasteiger partial charge in [0.2, 0.25) is 0 Å². The van der Waals surface area contributed by atoms with Gasteiger partial charge >= 0.3 is 6.18 Å². The van der Waals surface area contributed by atoms with E-state index in [1.807, 2.05) is 0 Å². The lowest BCUT2D eigenvalue weighted by atomic mass is 9.88. The number of benzene rings is 1. The van der Waals surface area contributed by atoms with Crippen LogP contribution in [-0.2, 0) is 6.18 Å². The number of hydrogen-bond donors (Lipinski definition) is 3. The van der Waals surface area contributed by atoms with Crippen LogP contribution in [0.15, 0.2) is 23.4 Å². The van der Waals surface area contributed by atoms with Gasteiger partial charge < -0.3 is 16.3 Å². The van der Waals surface area contributed by atoms with Gasteiger partial charge in [-0.2, -0.15) is 13.2 Å². The number of hydrogen-bond acceptors (Lipinski definition) is 3. The lowest BCUT2D eigenvalue weighted by Gasteiger charge is -2.23. The minimum atomic E-state index is -4.53. The first-order chi connectivity index (χ1) is 9.58. The Bertz CT molecular complexity index is 527. The van der Waals surface area contributed by atoms with E-state index >= 15 is 0 Å². The molecule has 1 aromatic carbocycles. The number of anilines is 1. The zero-order valence-corrected chi connectivity index (χ0v) is 11.6. The maximum atomic E-state index is 13.5. The van der Waals surface area contributed by atoms with Crippen LogP contribution in [0.1, 0.15) is 25.8 Å². The van der Waals surface area contributed by atoms with Crippen molar-refractivity contribution < 1.29 is 22.8 Å². The maximum absolute atomic E-state index is 13.5. The Morgan fingerprint density at radius 2 is 1.95 bits per heavy atom. The van der Waals surface area contributed by atoms with E-state index in [2.05, 4.69) is 10.5 Å². The van der Waals surface area contributed by atoms with Crippen LogP contribution < -0.4 is 11.1 Å². The lowest BCUT2D eigenvalue weighted by Crippen LogP contribution is -2.33. The van der Waals surface area contributed by atoms with E-state index in [9.17, 15) is 17.6 Å². The Balaban J connectivity index is 2.76. The van der Waals surface area contributed by atoms with Crippen LogP contribution in [0.25, 0.3) is 0 Å². The lowest BCUT2D eigenvalue weighted by molar-refractivity contribution is -0.137. The third-order valence-corrected chi connectivity index (χ3v) is 3.16. The molecule has 0 saturated heterocycles. The van der Waals surface area contributed by atoms with E-state index < -0.39 is 23.0 Å². The molecule has 0 radical (unpaired) electrons. The summed E-state index contributed by atoms with van der Waals surface area (Å²) in [6.45, 7) is 3.57. The topological polar surface area (TPSA) is 70.6 Å². The summed E-state index contributed by atoms with van der Waals surface area (Å²) in [7, 11) is 0. The van der Waals surface area contributed by atoms with Gasteiger partial charge in [0.05, 0.1) is 11.3 Å². The van der Waals surface area contributed by atoms with Crippen LogP contribution in [0.4, 0.5) is 23.2 Å². The quantitative estimate of drug-likeness (QED) is 0.257. The largest absolute Gasteiger partial charge is 0.416 e. The summed E-state index contributed by atoms with van der Waals surface area (Å²) in [5.74, 6) is -0.779. The van der Waals surface area contributed by atoms with Crippen molar-refractivity contribution in [3.05, 3.63) is 29.6 Å². The molecular formula is C13H17F4N3O. The molecule has 118 valence electrons. The van der Waals surface area contributed by atoms with Gasteiger partial charge in [-0.25, -0.2) is 4.39 Å². The smallest absolute Gasteiger partial charge is 0.409 e. The van der Waals surface area contributed by atoms with E-state index in [0.717, 1.165) is 6.07 Å². The fourth-order valence-electron chi connectivity index (χ4n) is 1.61. The zero-order valence-electron chi connectivity index (χ0n) is 11.6. The fourth-order valence-corrected chi connectivity index (χ4v) is 1.61. The van der Waals surface area contributed by atoms with Crippen LogP contribution in [0, 0.1) is 11.2 Å². The number of nitrogens with two attached hydrogens (primary N) is 1. The molecular weight excluding hydrogens is 290 g/mol. The van der Waals surface area contributed by atoms with E-state index in [4.69, 9.17) is 10.9 Å². The molecule has 8 heteroatoms. The van der Waals surface area contributed by atoms with E-state index in [1.54, 1.807) is 13.8 Å². The number of rotatable bonds is 5. The fraction of sp³-hybridized carbons (Fsp3) is 0.462. The van der Waals surface area contributed by atoms with E-state index in [-0.39, 0.29) is 18.1 Å². The number of halogens is 4. The summed E-state index contributed by atoms with van der Waals surface area (Å²) in [5.41, 5.74) is 3.66. The molecule has 0 amide bonds. The monoisotopic (exact) mass is 307 g/mol. The number of nitrogens with zero attached hydrogens (tertiary/aromatic N) is 1. The van der Waals surface area contributed by atoms with Gasteiger partial charge in [-0.05, 0) is 24.6 Å².